The molecule has 1 aromatic carbocycles. The fraction of sp³-hybridized carbons (Fsp3) is 0.529. The highest BCUT2D eigenvalue weighted by molar-refractivity contribution is 8.00. The molecular weight excluding hydrogens is 342 g/mol. The molecule has 0 atom stereocenters. The van der Waals surface area contributed by atoms with Gasteiger partial charge < -0.3 is 24.4 Å². The van der Waals surface area contributed by atoms with E-state index in [-0.39, 0.29) is 18.1 Å². The van der Waals surface area contributed by atoms with Crippen molar-refractivity contribution in [2.24, 2.45) is 0 Å². The number of nitrogens with one attached hydrogen (secondary N) is 2. The molecule has 1 aliphatic rings. The van der Waals surface area contributed by atoms with E-state index >= 15 is 0 Å². The maximum absolute atomic E-state index is 12.6. The molecule has 8 heteroatoms. The number of hydrogen-bond acceptors (Lipinski definition) is 6. The van der Waals surface area contributed by atoms with Crippen LogP contribution in [0.1, 0.15) is 31.1 Å². The lowest BCUT2D eigenvalue weighted by Crippen LogP contribution is -2.56. The number of methoxy groups -OCH3 is 1. The van der Waals surface area contributed by atoms with Gasteiger partial charge in [0, 0.05) is 23.5 Å². The maximum Gasteiger partial charge on any atom is 0.407 e. The number of amides is 2. The van der Waals surface area contributed by atoms with Crippen molar-refractivity contribution in [2.75, 3.05) is 30.7 Å². The number of anilines is 1. The third kappa shape index (κ3) is 5.19. The monoisotopic (exact) mass is 367 g/mol. The van der Waals surface area contributed by atoms with E-state index < -0.39 is 6.09 Å². The van der Waals surface area contributed by atoms with Crippen LogP contribution in [0.4, 0.5) is 10.5 Å². The summed E-state index contributed by atoms with van der Waals surface area (Å²) in [6.45, 7) is 6.55. The van der Waals surface area contributed by atoms with Gasteiger partial charge in [-0.15, -0.1) is 0 Å². The van der Waals surface area contributed by atoms with Crippen LogP contribution in [0.5, 0.6) is 5.75 Å². The first-order chi connectivity index (χ1) is 11.9. The molecule has 0 bridgehead atoms. The van der Waals surface area contributed by atoms with Crippen molar-refractivity contribution >= 4 is 29.6 Å². The molecule has 7 nitrogen and oxygen atoms in total. The van der Waals surface area contributed by atoms with Crippen LogP contribution in [0, 0.1) is 0 Å². The van der Waals surface area contributed by atoms with Crippen LogP contribution in [0.2, 0.25) is 0 Å². The third-order valence-electron chi connectivity index (χ3n) is 3.58. The summed E-state index contributed by atoms with van der Waals surface area (Å²) < 4.78 is 13.8. The Kier molecular flexibility index (Phi) is 6.81. The van der Waals surface area contributed by atoms with E-state index in [4.69, 9.17) is 9.47 Å². The molecule has 25 heavy (non-hydrogen) atoms. The minimum absolute atomic E-state index is 0.0209. The number of alkyl carbamates (subject to hydrolysis) is 1. The van der Waals surface area contributed by atoms with E-state index in [0.29, 0.717) is 24.4 Å². The predicted molar refractivity (Wildman–Crippen MR) is 99.2 cm³/mol. The van der Waals surface area contributed by atoms with Crippen LogP contribution < -0.4 is 14.8 Å². The number of carbonyl (C=O) groups is 2. The van der Waals surface area contributed by atoms with Gasteiger partial charge in [-0.05, 0) is 26.0 Å². The second-order valence-electron chi connectivity index (χ2n) is 5.99. The Morgan fingerprint density at radius 2 is 2.08 bits per heavy atom. The zero-order valence-corrected chi connectivity index (χ0v) is 15.8. The van der Waals surface area contributed by atoms with Crippen LogP contribution >= 0.6 is 11.9 Å². The van der Waals surface area contributed by atoms with Crippen LogP contribution in [0.25, 0.3) is 0 Å². The fourth-order valence-corrected chi connectivity index (χ4v) is 2.79. The second-order valence-corrected chi connectivity index (χ2v) is 7.06. The molecule has 0 radical (unpaired) electrons. The molecule has 2 amide bonds. The Labute approximate surface area is 152 Å². The van der Waals surface area contributed by atoms with Gasteiger partial charge in [-0.2, -0.15) is 0 Å². The number of ether oxygens (including phenoxy) is 2. The first kappa shape index (κ1) is 19.2. The van der Waals surface area contributed by atoms with Gasteiger partial charge in [0.15, 0.2) is 0 Å². The average molecular weight is 367 g/mol. The number of likely N-dealkylation sites (tertiary alicyclic amines) is 1. The highest BCUT2D eigenvalue weighted by atomic mass is 32.2. The van der Waals surface area contributed by atoms with E-state index in [1.54, 1.807) is 36.1 Å². The smallest absolute Gasteiger partial charge is 0.407 e. The summed E-state index contributed by atoms with van der Waals surface area (Å²) in [5, 5.41) is 2.67. The van der Waals surface area contributed by atoms with Gasteiger partial charge in [0.25, 0.3) is 5.91 Å². The normalized spacial score (nSPS) is 14.0. The molecule has 0 aromatic heterocycles. The molecular formula is C17H25N3O4S. The van der Waals surface area contributed by atoms with Gasteiger partial charge in [-0.25, -0.2) is 4.79 Å². The van der Waals surface area contributed by atoms with E-state index in [9.17, 15) is 9.59 Å². The van der Waals surface area contributed by atoms with Gasteiger partial charge in [0.05, 0.1) is 25.8 Å². The summed E-state index contributed by atoms with van der Waals surface area (Å²) in [7, 11) is 1.54. The van der Waals surface area contributed by atoms with Crippen molar-refractivity contribution in [3.05, 3.63) is 23.8 Å². The topological polar surface area (TPSA) is 79.9 Å². The number of nitrogens with zero attached hydrogens (tertiary/aromatic N) is 1. The van der Waals surface area contributed by atoms with Crippen molar-refractivity contribution < 1.29 is 19.1 Å². The highest BCUT2D eigenvalue weighted by Crippen LogP contribution is 2.27. The summed E-state index contributed by atoms with van der Waals surface area (Å²) in [6, 6.07) is 5.43. The summed E-state index contributed by atoms with van der Waals surface area (Å²) >= 11 is 1.57. The Morgan fingerprint density at radius 1 is 1.36 bits per heavy atom. The Morgan fingerprint density at radius 3 is 2.68 bits per heavy atom. The van der Waals surface area contributed by atoms with Crippen molar-refractivity contribution in [1.29, 1.82) is 0 Å². The van der Waals surface area contributed by atoms with Gasteiger partial charge in [0.2, 0.25) is 0 Å². The number of carbonyl (C=O) groups excluding carboxylic acids is 2. The third-order valence-corrected chi connectivity index (χ3v) is 4.25. The number of rotatable bonds is 7. The lowest BCUT2D eigenvalue weighted by atomic mass is 10.1. The molecule has 2 N–H and O–H groups in total. The largest absolute Gasteiger partial charge is 0.496 e. The Balaban J connectivity index is 1.92. The van der Waals surface area contributed by atoms with Crippen molar-refractivity contribution in [1.82, 2.24) is 10.2 Å². The van der Waals surface area contributed by atoms with E-state index in [1.165, 1.54) is 0 Å². The second kappa shape index (κ2) is 8.84. The van der Waals surface area contributed by atoms with Gasteiger partial charge in [0.1, 0.15) is 11.9 Å². The van der Waals surface area contributed by atoms with Crippen LogP contribution in [0.3, 0.4) is 0 Å². The first-order valence-corrected chi connectivity index (χ1v) is 9.25. The molecule has 2 rings (SSSR count). The van der Waals surface area contributed by atoms with Crippen LogP contribution in [0.15, 0.2) is 18.2 Å². The number of benzene rings is 1. The fourth-order valence-electron chi connectivity index (χ4n) is 2.36. The van der Waals surface area contributed by atoms with E-state index in [2.05, 4.69) is 17.0 Å². The molecule has 1 aliphatic heterocycles. The predicted octanol–water partition coefficient (Wildman–Crippen LogP) is 2.73. The van der Waals surface area contributed by atoms with E-state index in [0.717, 1.165) is 11.4 Å². The summed E-state index contributed by atoms with van der Waals surface area (Å²) in [4.78, 5) is 25.8. The summed E-state index contributed by atoms with van der Waals surface area (Å²) in [5.41, 5.74) is 1.38. The molecule has 0 aliphatic carbocycles. The molecule has 0 unspecified atom stereocenters. The van der Waals surface area contributed by atoms with Gasteiger partial charge >= 0.3 is 6.09 Å². The lowest BCUT2D eigenvalue weighted by Gasteiger charge is -2.38. The molecule has 138 valence electrons. The molecule has 1 fully saturated rings. The number of hydrogen-bond donors (Lipinski definition) is 2. The molecule has 0 spiro atoms. The minimum Gasteiger partial charge on any atom is -0.496 e. The summed E-state index contributed by atoms with van der Waals surface area (Å²) in [6.07, 6.45) is -0.718. The lowest BCUT2D eigenvalue weighted by molar-refractivity contribution is -0.00715. The average Bonchev–Trinajstić information content (AvgIpc) is 2.54. The standard InChI is InChI=1S/C17H25N3O4S/c1-5-25-19-12-6-7-14(15(8-12)23-4)16(21)20-9-13(10-20)24-17(22)18-11(2)3/h6-8,11,13,19H,5,9-10H2,1-4H3,(H,18,22). The zero-order valence-electron chi connectivity index (χ0n) is 15.0. The molecule has 1 heterocycles. The van der Waals surface area contributed by atoms with Gasteiger partial charge in [-0.1, -0.05) is 18.9 Å². The van der Waals surface area contributed by atoms with Crippen LogP contribution in [-0.4, -0.2) is 55.0 Å². The zero-order chi connectivity index (χ0) is 18.4. The Bertz CT molecular complexity index is 618. The van der Waals surface area contributed by atoms with Crippen LogP contribution in [-0.2, 0) is 4.74 Å². The first-order valence-electron chi connectivity index (χ1n) is 8.26. The molecule has 1 saturated heterocycles. The van der Waals surface area contributed by atoms with E-state index in [1.807, 2.05) is 19.9 Å². The van der Waals surface area contributed by atoms with Crippen molar-refractivity contribution in [3.8, 4) is 5.75 Å². The minimum atomic E-state index is -0.450. The summed E-state index contributed by atoms with van der Waals surface area (Å²) in [5.74, 6) is 1.33. The van der Waals surface area contributed by atoms with Gasteiger partial charge in [-0.3, -0.25) is 4.79 Å². The molecule has 1 aromatic rings. The SMILES string of the molecule is CCSNc1ccc(C(=O)N2CC(OC(=O)NC(C)C)C2)c(OC)c1. The maximum atomic E-state index is 12.6. The quantitative estimate of drug-likeness (QED) is 0.722. The highest BCUT2D eigenvalue weighted by Gasteiger charge is 2.35. The molecule has 0 saturated carbocycles. The van der Waals surface area contributed by atoms with Crippen molar-refractivity contribution in [3.63, 3.8) is 0 Å². The Hall–Kier alpha value is -2.09. The van der Waals surface area contributed by atoms with Crippen molar-refractivity contribution in [2.45, 2.75) is 32.9 Å².